The van der Waals surface area contributed by atoms with Gasteiger partial charge in [-0.05, 0) is 48.6 Å². The van der Waals surface area contributed by atoms with Crippen LogP contribution in [-0.4, -0.2) is 10.8 Å². The highest BCUT2D eigenvalue weighted by atomic mass is 16.5. The first-order valence-corrected chi connectivity index (χ1v) is 8.16. The lowest BCUT2D eigenvalue weighted by molar-refractivity contribution is 0.0978. The van der Waals surface area contributed by atoms with Crippen molar-refractivity contribution in [1.29, 1.82) is 0 Å². The molecule has 0 saturated heterocycles. The van der Waals surface area contributed by atoms with E-state index in [-0.39, 0.29) is 5.78 Å². The normalized spacial score (nSPS) is 14.5. The first-order chi connectivity index (χ1) is 11.3. The molecule has 3 aromatic rings. The summed E-state index contributed by atoms with van der Waals surface area (Å²) in [4.78, 5) is 15.5. The van der Waals surface area contributed by atoms with Crippen molar-refractivity contribution >= 4 is 16.7 Å². The Kier molecular flexibility index (Phi) is 3.62. The third kappa shape index (κ3) is 2.74. The fourth-order valence-corrected chi connectivity index (χ4v) is 3.27. The molecule has 116 valence electrons. The van der Waals surface area contributed by atoms with Gasteiger partial charge < -0.3 is 9.72 Å². The van der Waals surface area contributed by atoms with E-state index in [9.17, 15) is 4.79 Å². The molecule has 1 heterocycles. The van der Waals surface area contributed by atoms with Crippen LogP contribution in [0.2, 0.25) is 0 Å². The molecule has 1 aliphatic carbocycles. The van der Waals surface area contributed by atoms with E-state index < -0.39 is 0 Å². The molecule has 4 rings (SSSR count). The van der Waals surface area contributed by atoms with E-state index in [1.807, 2.05) is 30.3 Å². The van der Waals surface area contributed by atoms with Gasteiger partial charge in [0, 0.05) is 17.3 Å². The quantitative estimate of drug-likeness (QED) is 0.715. The van der Waals surface area contributed by atoms with Crippen LogP contribution >= 0.6 is 0 Å². The van der Waals surface area contributed by atoms with Crippen LogP contribution in [0, 0.1) is 0 Å². The number of hydrogen-bond donors (Lipinski definition) is 1. The van der Waals surface area contributed by atoms with Gasteiger partial charge in [0.1, 0.15) is 12.4 Å². The molecule has 1 aromatic heterocycles. The average Bonchev–Trinajstić information content (AvgIpc) is 2.85. The molecule has 3 nitrogen and oxygen atoms in total. The molecule has 2 aromatic carbocycles. The SMILES string of the molecule is O=C1CCCCc2c1[nH]c1ccc(OCc3ccccc3)cc21. The maximum Gasteiger partial charge on any atom is 0.179 e. The first kappa shape index (κ1) is 14.1. The summed E-state index contributed by atoms with van der Waals surface area (Å²) in [6, 6.07) is 16.2. The van der Waals surface area contributed by atoms with Gasteiger partial charge in [0.25, 0.3) is 0 Å². The summed E-state index contributed by atoms with van der Waals surface area (Å²) in [5.41, 5.74) is 4.14. The van der Waals surface area contributed by atoms with Crippen molar-refractivity contribution < 1.29 is 9.53 Å². The molecule has 0 unspecified atom stereocenters. The minimum Gasteiger partial charge on any atom is -0.489 e. The van der Waals surface area contributed by atoms with E-state index in [0.29, 0.717) is 13.0 Å². The number of benzene rings is 2. The number of ketones is 1. The van der Waals surface area contributed by atoms with Crippen LogP contribution in [0.1, 0.15) is 40.9 Å². The van der Waals surface area contributed by atoms with Gasteiger partial charge >= 0.3 is 0 Å². The molecule has 23 heavy (non-hydrogen) atoms. The number of H-pyrrole nitrogens is 1. The summed E-state index contributed by atoms with van der Waals surface area (Å²) in [6.07, 6.45) is 3.66. The molecule has 1 N–H and O–H groups in total. The third-order valence-electron chi connectivity index (χ3n) is 4.49. The van der Waals surface area contributed by atoms with Crippen molar-refractivity contribution in [1.82, 2.24) is 4.98 Å². The van der Waals surface area contributed by atoms with Gasteiger partial charge in [0.05, 0.1) is 5.69 Å². The van der Waals surface area contributed by atoms with Crippen molar-refractivity contribution in [3.05, 3.63) is 65.4 Å². The lowest BCUT2D eigenvalue weighted by Crippen LogP contribution is -1.98. The number of aryl methyl sites for hydroxylation is 1. The number of carbonyl (C=O) groups excluding carboxylic acids is 1. The number of Topliss-reactive ketones (excluding diaryl/α,β-unsaturated/α-hetero) is 1. The lowest BCUT2D eigenvalue weighted by Gasteiger charge is -2.07. The number of ether oxygens (including phenoxy) is 1. The summed E-state index contributed by atoms with van der Waals surface area (Å²) in [5.74, 6) is 1.08. The first-order valence-electron chi connectivity index (χ1n) is 8.16. The Morgan fingerprint density at radius 1 is 1.00 bits per heavy atom. The van der Waals surface area contributed by atoms with E-state index in [4.69, 9.17) is 4.74 Å². The molecule has 0 bridgehead atoms. The van der Waals surface area contributed by atoms with Crippen LogP contribution in [0.15, 0.2) is 48.5 Å². The monoisotopic (exact) mass is 305 g/mol. The molecule has 0 saturated carbocycles. The van der Waals surface area contributed by atoms with Crippen molar-refractivity contribution in [3.8, 4) is 5.75 Å². The van der Waals surface area contributed by atoms with E-state index in [0.717, 1.165) is 52.7 Å². The van der Waals surface area contributed by atoms with Crippen molar-refractivity contribution in [2.24, 2.45) is 0 Å². The number of nitrogens with one attached hydrogen (secondary N) is 1. The fraction of sp³-hybridized carbons (Fsp3) is 0.250. The number of aromatic nitrogens is 1. The zero-order chi connectivity index (χ0) is 15.6. The van der Waals surface area contributed by atoms with E-state index >= 15 is 0 Å². The second kappa shape index (κ2) is 5.92. The Hall–Kier alpha value is -2.55. The second-order valence-electron chi connectivity index (χ2n) is 6.09. The molecule has 3 heteroatoms. The Morgan fingerprint density at radius 2 is 1.83 bits per heavy atom. The highest BCUT2D eigenvalue weighted by Crippen LogP contribution is 2.31. The maximum atomic E-state index is 12.2. The van der Waals surface area contributed by atoms with Gasteiger partial charge in [-0.2, -0.15) is 0 Å². The zero-order valence-corrected chi connectivity index (χ0v) is 13.0. The predicted molar refractivity (Wildman–Crippen MR) is 91.0 cm³/mol. The summed E-state index contributed by atoms with van der Waals surface area (Å²) in [5, 5.41) is 1.13. The van der Waals surface area contributed by atoms with E-state index in [2.05, 4.69) is 23.2 Å². The number of fused-ring (bicyclic) bond motifs is 3. The third-order valence-corrected chi connectivity index (χ3v) is 4.49. The van der Waals surface area contributed by atoms with Crippen molar-refractivity contribution in [2.75, 3.05) is 0 Å². The minimum absolute atomic E-state index is 0.237. The van der Waals surface area contributed by atoms with Gasteiger partial charge in [0.15, 0.2) is 5.78 Å². The van der Waals surface area contributed by atoms with Crippen LogP contribution in [0.25, 0.3) is 10.9 Å². The molecule has 0 fully saturated rings. The second-order valence-corrected chi connectivity index (χ2v) is 6.09. The number of rotatable bonds is 3. The fourth-order valence-electron chi connectivity index (χ4n) is 3.27. The van der Waals surface area contributed by atoms with Crippen LogP contribution in [0.5, 0.6) is 5.75 Å². The van der Waals surface area contributed by atoms with Crippen molar-refractivity contribution in [3.63, 3.8) is 0 Å². The number of hydrogen-bond acceptors (Lipinski definition) is 2. The van der Waals surface area contributed by atoms with E-state index in [1.54, 1.807) is 0 Å². The summed E-state index contributed by atoms with van der Waals surface area (Å²) >= 11 is 0. The molecule has 1 aliphatic rings. The molecule has 0 aliphatic heterocycles. The van der Waals surface area contributed by atoms with E-state index in [1.165, 1.54) is 0 Å². The highest BCUT2D eigenvalue weighted by molar-refractivity contribution is 6.02. The van der Waals surface area contributed by atoms with Crippen LogP contribution in [0.4, 0.5) is 0 Å². The highest BCUT2D eigenvalue weighted by Gasteiger charge is 2.20. The Morgan fingerprint density at radius 3 is 2.70 bits per heavy atom. The van der Waals surface area contributed by atoms with Crippen LogP contribution in [-0.2, 0) is 13.0 Å². The molecule has 0 atom stereocenters. The molecular formula is C20H19NO2. The van der Waals surface area contributed by atoms with Gasteiger partial charge in [-0.25, -0.2) is 0 Å². The molecular weight excluding hydrogens is 286 g/mol. The summed E-state index contributed by atoms with van der Waals surface area (Å²) in [6.45, 7) is 0.553. The Labute approximate surface area is 135 Å². The van der Waals surface area contributed by atoms with Gasteiger partial charge in [-0.1, -0.05) is 30.3 Å². The summed E-state index contributed by atoms with van der Waals surface area (Å²) in [7, 11) is 0. The Balaban J connectivity index is 1.65. The summed E-state index contributed by atoms with van der Waals surface area (Å²) < 4.78 is 5.92. The zero-order valence-electron chi connectivity index (χ0n) is 13.0. The topological polar surface area (TPSA) is 42.1 Å². The van der Waals surface area contributed by atoms with Gasteiger partial charge in [-0.3, -0.25) is 4.79 Å². The van der Waals surface area contributed by atoms with Crippen molar-refractivity contribution in [2.45, 2.75) is 32.3 Å². The molecule has 0 spiro atoms. The lowest BCUT2D eigenvalue weighted by atomic mass is 10.1. The maximum absolute atomic E-state index is 12.2. The smallest absolute Gasteiger partial charge is 0.179 e. The largest absolute Gasteiger partial charge is 0.489 e. The average molecular weight is 305 g/mol. The minimum atomic E-state index is 0.237. The molecule has 0 amide bonds. The van der Waals surface area contributed by atoms with Gasteiger partial charge in [0.2, 0.25) is 0 Å². The van der Waals surface area contributed by atoms with Crippen LogP contribution in [0.3, 0.4) is 0 Å². The van der Waals surface area contributed by atoms with Crippen LogP contribution < -0.4 is 4.74 Å². The predicted octanol–water partition coefficient (Wildman–Crippen LogP) is 4.66. The number of carbonyl (C=O) groups is 1. The standard InChI is InChI=1S/C20H19NO2/c22-19-9-5-4-8-16-17-12-15(10-11-18(17)21-20(16)19)23-13-14-6-2-1-3-7-14/h1-3,6-7,10-12,21H,4-5,8-9,13H2. The van der Waals surface area contributed by atoms with Gasteiger partial charge in [-0.15, -0.1) is 0 Å². The molecule has 0 radical (unpaired) electrons. The Bertz CT molecular complexity index is 849. The number of aromatic amines is 1.